The van der Waals surface area contributed by atoms with Gasteiger partial charge in [0.1, 0.15) is 0 Å². The van der Waals surface area contributed by atoms with E-state index in [1.54, 1.807) is 21.3 Å². The Morgan fingerprint density at radius 3 is 2.25 bits per heavy atom. The van der Waals surface area contributed by atoms with Gasteiger partial charge in [-0.05, 0) is 25.5 Å². The van der Waals surface area contributed by atoms with Crippen molar-refractivity contribution in [2.24, 2.45) is 0 Å². The smallest absolute Gasteiger partial charge is 0.239 e. The van der Waals surface area contributed by atoms with Crippen molar-refractivity contribution in [3.8, 4) is 17.2 Å². The van der Waals surface area contributed by atoms with Gasteiger partial charge >= 0.3 is 0 Å². The van der Waals surface area contributed by atoms with Gasteiger partial charge in [0.15, 0.2) is 11.5 Å². The molecule has 0 aliphatic carbocycles. The van der Waals surface area contributed by atoms with Crippen LogP contribution in [0.25, 0.3) is 0 Å². The molecular formula is C19H31Cl2N3O4. The second kappa shape index (κ2) is 11.6. The number of nitrogens with zero attached hydrogens (tertiary/aromatic N) is 2. The zero-order valence-corrected chi connectivity index (χ0v) is 18.4. The van der Waals surface area contributed by atoms with E-state index in [0.29, 0.717) is 17.2 Å². The number of piperazine rings is 1. The maximum atomic E-state index is 12.5. The molecule has 0 spiro atoms. The number of hydrogen-bond donors (Lipinski definition) is 1. The van der Waals surface area contributed by atoms with Crippen LogP contribution in [0.15, 0.2) is 12.1 Å². The monoisotopic (exact) mass is 435 g/mol. The van der Waals surface area contributed by atoms with E-state index < -0.39 is 0 Å². The maximum absolute atomic E-state index is 12.5. The van der Waals surface area contributed by atoms with Crippen molar-refractivity contribution in [2.45, 2.75) is 25.4 Å². The van der Waals surface area contributed by atoms with Gasteiger partial charge in [0.05, 0.1) is 27.4 Å². The fourth-order valence-electron chi connectivity index (χ4n) is 3.77. The lowest BCUT2D eigenvalue weighted by Gasteiger charge is -2.36. The molecule has 9 heteroatoms. The van der Waals surface area contributed by atoms with Crippen LogP contribution in [0, 0.1) is 0 Å². The molecule has 2 aliphatic heterocycles. The highest BCUT2D eigenvalue weighted by Crippen LogP contribution is 2.40. The fraction of sp³-hybridized carbons (Fsp3) is 0.632. The number of nitrogens with one attached hydrogen (secondary N) is 1. The summed E-state index contributed by atoms with van der Waals surface area (Å²) in [4.78, 5) is 16.8. The summed E-state index contributed by atoms with van der Waals surface area (Å²) in [6.07, 6.45) is 2.05. The molecule has 1 amide bonds. The van der Waals surface area contributed by atoms with Crippen molar-refractivity contribution in [1.82, 2.24) is 15.1 Å². The Hall–Kier alpha value is -1.41. The summed E-state index contributed by atoms with van der Waals surface area (Å²) in [5.74, 6) is 2.24. The van der Waals surface area contributed by atoms with Crippen molar-refractivity contribution >= 4 is 30.7 Å². The van der Waals surface area contributed by atoms with Gasteiger partial charge in [0, 0.05) is 38.3 Å². The van der Waals surface area contributed by atoms with Crippen molar-refractivity contribution in [3.63, 3.8) is 0 Å². The highest BCUT2D eigenvalue weighted by Gasteiger charge is 2.29. The number of carbonyl (C=O) groups is 1. The van der Waals surface area contributed by atoms with Crippen LogP contribution in [0.3, 0.4) is 0 Å². The average molecular weight is 436 g/mol. The lowest BCUT2D eigenvalue weighted by Crippen LogP contribution is -2.52. The first-order chi connectivity index (χ1) is 12.7. The van der Waals surface area contributed by atoms with Gasteiger partial charge in [-0.3, -0.25) is 9.69 Å². The highest BCUT2D eigenvalue weighted by molar-refractivity contribution is 5.85. The van der Waals surface area contributed by atoms with Crippen LogP contribution >= 0.6 is 24.8 Å². The molecular weight excluding hydrogens is 405 g/mol. The van der Waals surface area contributed by atoms with E-state index in [1.807, 2.05) is 17.0 Å². The Balaban J connectivity index is 0.00000196. The van der Waals surface area contributed by atoms with Gasteiger partial charge in [-0.25, -0.2) is 0 Å². The Kier molecular flexibility index (Phi) is 10.2. The van der Waals surface area contributed by atoms with Crippen molar-refractivity contribution < 1.29 is 19.0 Å². The summed E-state index contributed by atoms with van der Waals surface area (Å²) < 4.78 is 16.4. The van der Waals surface area contributed by atoms with Crippen LogP contribution in [-0.2, 0) is 11.3 Å². The predicted octanol–water partition coefficient (Wildman–Crippen LogP) is 1.95. The average Bonchev–Trinajstić information content (AvgIpc) is 3.22. The first-order valence-electron chi connectivity index (χ1n) is 9.20. The van der Waals surface area contributed by atoms with E-state index in [1.165, 1.54) is 0 Å². The second-order valence-electron chi connectivity index (χ2n) is 6.74. The fourth-order valence-corrected chi connectivity index (χ4v) is 3.77. The van der Waals surface area contributed by atoms with Gasteiger partial charge in [-0.2, -0.15) is 0 Å². The minimum absolute atomic E-state index is 0. The Labute approximate surface area is 179 Å². The van der Waals surface area contributed by atoms with E-state index in [4.69, 9.17) is 14.2 Å². The van der Waals surface area contributed by atoms with Crippen LogP contribution in [0.2, 0.25) is 0 Å². The van der Waals surface area contributed by atoms with Crippen LogP contribution in [0.5, 0.6) is 17.2 Å². The lowest BCUT2D eigenvalue weighted by molar-refractivity contribution is -0.134. The van der Waals surface area contributed by atoms with E-state index in [0.717, 1.165) is 57.7 Å². The molecule has 7 nitrogen and oxygen atoms in total. The summed E-state index contributed by atoms with van der Waals surface area (Å²) in [6.45, 7) is 4.97. The normalized spacial score (nSPS) is 19.4. The Morgan fingerprint density at radius 2 is 1.71 bits per heavy atom. The topological polar surface area (TPSA) is 63.3 Å². The molecule has 28 heavy (non-hydrogen) atoms. The van der Waals surface area contributed by atoms with Gasteiger partial charge in [0.2, 0.25) is 11.7 Å². The third-order valence-electron chi connectivity index (χ3n) is 5.22. The SMILES string of the molecule is COc1ccc(CN2CCN(C(=O)C3CCCN3)CC2)c(OC)c1OC.Cl.Cl. The van der Waals surface area contributed by atoms with Gasteiger partial charge < -0.3 is 24.4 Å². The van der Waals surface area contributed by atoms with E-state index in [2.05, 4.69) is 10.2 Å². The number of amides is 1. The number of methoxy groups -OCH3 is 3. The van der Waals surface area contributed by atoms with Gasteiger partial charge in [-0.15, -0.1) is 24.8 Å². The molecule has 2 fully saturated rings. The second-order valence-corrected chi connectivity index (χ2v) is 6.74. The zero-order valence-electron chi connectivity index (χ0n) is 16.7. The predicted molar refractivity (Wildman–Crippen MR) is 113 cm³/mol. The molecule has 1 unspecified atom stereocenters. The maximum Gasteiger partial charge on any atom is 0.239 e. The van der Waals surface area contributed by atoms with Crippen LogP contribution in [0.1, 0.15) is 18.4 Å². The number of carbonyl (C=O) groups excluding carboxylic acids is 1. The van der Waals surface area contributed by atoms with E-state index in [9.17, 15) is 4.79 Å². The Bertz CT molecular complexity index is 634. The molecule has 0 radical (unpaired) electrons. The summed E-state index contributed by atoms with van der Waals surface area (Å²) in [6, 6.07) is 3.94. The third kappa shape index (κ3) is 5.35. The Morgan fingerprint density at radius 1 is 1.04 bits per heavy atom. The molecule has 160 valence electrons. The zero-order chi connectivity index (χ0) is 18.5. The van der Waals surface area contributed by atoms with E-state index >= 15 is 0 Å². The highest BCUT2D eigenvalue weighted by atomic mass is 35.5. The molecule has 2 heterocycles. The van der Waals surface area contributed by atoms with Crippen LogP contribution in [0.4, 0.5) is 0 Å². The molecule has 0 saturated carbocycles. The number of hydrogen-bond acceptors (Lipinski definition) is 6. The first-order valence-corrected chi connectivity index (χ1v) is 9.20. The molecule has 0 aromatic heterocycles. The molecule has 1 aromatic carbocycles. The minimum atomic E-state index is 0. The third-order valence-corrected chi connectivity index (χ3v) is 5.22. The number of benzene rings is 1. The molecule has 2 saturated heterocycles. The van der Waals surface area contributed by atoms with Crippen molar-refractivity contribution in [1.29, 1.82) is 0 Å². The molecule has 3 rings (SSSR count). The van der Waals surface area contributed by atoms with E-state index in [-0.39, 0.29) is 36.8 Å². The largest absolute Gasteiger partial charge is 0.493 e. The van der Waals surface area contributed by atoms with Gasteiger partial charge in [0.25, 0.3) is 0 Å². The standard InChI is InChI=1S/C19H29N3O4.2ClH/c1-24-16-7-6-14(17(25-2)18(16)26-3)13-21-9-11-22(12-10-21)19(23)15-5-4-8-20-15;;/h6-7,15,20H,4-5,8-13H2,1-3H3;2*1H. The molecule has 1 atom stereocenters. The van der Waals surface area contributed by atoms with Crippen molar-refractivity contribution in [3.05, 3.63) is 17.7 Å². The summed E-state index contributed by atoms with van der Waals surface area (Å²) in [7, 11) is 4.88. The van der Waals surface area contributed by atoms with Crippen LogP contribution < -0.4 is 19.5 Å². The molecule has 0 bridgehead atoms. The minimum Gasteiger partial charge on any atom is -0.493 e. The number of rotatable bonds is 6. The quantitative estimate of drug-likeness (QED) is 0.736. The lowest BCUT2D eigenvalue weighted by atomic mass is 10.1. The molecule has 1 N–H and O–H groups in total. The van der Waals surface area contributed by atoms with Crippen LogP contribution in [-0.4, -0.2) is 75.8 Å². The number of ether oxygens (including phenoxy) is 3. The van der Waals surface area contributed by atoms with Crippen molar-refractivity contribution in [2.75, 3.05) is 54.1 Å². The summed E-state index contributed by atoms with van der Waals surface area (Å²) in [5.41, 5.74) is 1.06. The summed E-state index contributed by atoms with van der Waals surface area (Å²) in [5, 5.41) is 3.30. The summed E-state index contributed by atoms with van der Waals surface area (Å²) >= 11 is 0. The molecule has 1 aromatic rings. The number of halogens is 2. The van der Waals surface area contributed by atoms with Gasteiger partial charge in [-0.1, -0.05) is 6.07 Å². The molecule has 2 aliphatic rings. The first kappa shape index (κ1) is 24.6.